The minimum Gasteiger partial charge on any atom is -0.308 e. The Morgan fingerprint density at radius 3 is 2.93 bits per heavy atom. The van der Waals surface area contributed by atoms with Crippen molar-refractivity contribution in [3.05, 3.63) is 18.3 Å². The lowest BCUT2D eigenvalue weighted by molar-refractivity contribution is -0.122. The van der Waals surface area contributed by atoms with E-state index in [0.29, 0.717) is 12.2 Å². The van der Waals surface area contributed by atoms with E-state index in [4.69, 9.17) is 5.26 Å². The zero-order chi connectivity index (χ0) is 11.3. The fourth-order valence-electron chi connectivity index (χ4n) is 0.913. The lowest BCUT2D eigenvalue weighted by atomic mass is 9.88. The molecule has 1 heterocycles. The molecule has 0 aliphatic heterocycles. The van der Waals surface area contributed by atoms with Gasteiger partial charge in [-0.1, -0.05) is 6.92 Å². The Kier molecular flexibility index (Phi) is 3.34. The summed E-state index contributed by atoms with van der Waals surface area (Å²) < 4.78 is 0. The molecule has 15 heavy (non-hydrogen) atoms. The molecule has 0 saturated carbocycles. The molecule has 1 aromatic heterocycles. The maximum atomic E-state index is 11.7. The summed E-state index contributed by atoms with van der Waals surface area (Å²) in [6.45, 7) is 3.39. The van der Waals surface area contributed by atoms with Crippen LogP contribution in [0, 0.1) is 16.7 Å². The van der Waals surface area contributed by atoms with E-state index in [1.54, 1.807) is 26.0 Å². The van der Waals surface area contributed by atoms with Crippen LogP contribution >= 0.6 is 0 Å². The molecule has 1 unspecified atom stereocenters. The number of hydrogen-bond donors (Lipinski definition) is 1. The number of carbonyl (C=O) groups is 1. The molecule has 5 nitrogen and oxygen atoms in total. The van der Waals surface area contributed by atoms with Crippen molar-refractivity contribution in [3.63, 3.8) is 0 Å². The van der Waals surface area contributed by atoms with Crippen LogP contribution in [0.1, 0.15) is 20.3 Å². The summed E-state index contributed by atoms with van der Waals surface area (Å²) in [7, 11) is 0. The standard InChI is InChI=1S/C10H12N4O/c1-3-10(2,7-11)9(15)13-8-5-4-6-12-14-8/h4-6H,3H2,1-2H3,(H,13,14,15). The van der Waals surface area contributed by atoms with Crippen molar-refractivity contribution in [2.45, 2.75) is 20.3 Å². The number of amides is 1. The van der Waals surface area contributed by atoms with E-state index in [9.17, 15) is 4.79 Å². The first-order valence-electron chi connectivity index (χ1n) is 4.63. The van der Waals surface area contributed by atoms with E-state index in [2.05, 4.69) is 15.5 Å². The van der Waals surface area contributed by atoms with Gasteiger partial charge in [-0.25, -0.2) is 0 Å². The van der Waals surface area contributed by atoms with Crippen LogP contribution in [-0.4, -0.2) is 16.1 Å². The first-order chi connectivity index (χ1) is 7.12. The monoisotopic (exact) mass is 204 g/mol. The van der Waals surface area contributed by atoms with Crippen LogP contribution in [0.3, 0.4) is 0 Å². The molecular weight excluding hydrogens is 192 g/mol. The van der Waals surface area contributed by atoms with Crippen molar-refractivity contribution in [1.29, 1.82) is 5.26 Å². The largest absolute Gasteiger partial charge is 0.308 e. The molecule has 0 bridgehead atoms. The number of carbonyl (C=O) groups excluding carboxylic acids is 1. The Balaban J connectivity index is 2.77. The third-order valence-electron chi connectivity index (χ3n) is 2.27. The van der Waals surface area contributed by atoms with Crippen molar-refractivity contribution in [3.8, 4) is 6.07 Å². The van der Waals surface area contributed by atoms with Crippen LogP contribution in [0.15, 0.2) is 18.3 Å². The number of rotatable bonds is 3. The summed E-state index contributed by atoms with van der Waals surface area (Å²) in [6, 6.07) is 5.28. The Morgan fingerprint density at radius 2 is 2.47 bits per heavy atom. The minimum absolute atomic E-state index is 0.354. The molecule has 0 saturated heterocycles. The van der Waals surface area contributed by atoms with Gasteiger partial charge < -0.3 is 5.32 Å². The molecule has 0 aromatic carbocycles. The predicted octanol–water partition coefficient (Wildman–Crippen LogP) is 1.35. The van der Waals surface area contributed by atoms with E-state index in [1.165, 1.54) is 6.20 Å². The zero-order valence-corrected chi connectivity index (χ0v) is 8.69. The molecular formula is C10H12N4O. The van der Waals surface area contributed by atoms with Gasteiger partial charge in [0.15, 0.2) is 5.82 Å². The van der Waals surface area contributed by atoms with Crippen molar-refractivity contribution >= 4 is 11.7 Å². The SMILES string of the molecule is CCC(C)(C#N)C(=O)Nc1cccnn1. The third-order valence-corrected chi connectivity index (χ3v) is 2.27. The molecule has 1 amide bonds. The summed E-state index contributed by atoms with van der Waals surface area (Å²) in [5, 5.41) is 18.8. The molecule has 1 N–H and O–H groups in total. The summed E-state index contributed by atoms with van der Waals surface area (Å²) in [5.41, 5.74) is -1.02. The predicted molar refractivity (Wildman–Crippen MR) is 54.7 cm³/mol. The first-order valence-corrected chi connectivity index (χ1v) is 4.63. The van der Waals surface area contributed by atoms with E-state index < -0.39 is 5.41 Å². The van der Waals surface area contributed by atoms with E-state index in [0.717, 1.165) is 0 Å². The Hall–Kier alpha value is -1.96. The summed E-state index contributed by atoms with van der Waals surface area (Å²) in [6.07, 6.45) is 1.97. The van der Waals surface area contributed by atoms with Gasteiger partial charge in [0, 0.05) is 6.20 Å². The van der Waals surface area contributed by atoms with Crippen molar-refractivity contribution < 1.29 is 4.79 Å². The molecule has 0 spiro atoms. The van der Waals surface area contributed by atoms with Gasteiger partial charge in [-0.05, 0) is 25.5 Å². The second-order valence-corrected chi connectivity index (χ2v) is 3.36. The fraction of sp³-hybridized carbons (Fsp3) is 0.400. The second kappa shape index (κ2) is 4.51. The second-order valence-electron chi connectivity index (χ2n) is 3.36. The maximum absolute atomic E-state index is 11.7. The molecule has 0 fully saturated rings. The Morgan fingerprint density at radius 1 is 1.73 bits per heavy atom. The molecule has 1 aromatic rings. The molecule has 0 radical (unpaired) electrons. The number of anilines is 1. The van der Waals surface area contributed by atoms with Gasteiger partial charge >= 0.3 is 0 Å². The normalized spacial score (nSPS) is 13.7. The van der Waals surface area contributed by atoms with Crippen molar-refractivity contribution in [2.24, 2.45) is 5.41 Å². The third kappa shape index (κ3) is 2.50. The lowest BCUT2D eigenvalue weighted by Crippen LogP contribution is -2.31. The van der Waals surface area contributed by atoms with Crippen molar-refractivity contribution in [2.75, 3.05) is 5.32 Å². The van der Waals surface area contributed by atoms with Crippen molar-refractivity contribution in [1.82, 2.24) is 10.2 Å². The number of nitrogens with zero attached hydrogens (tertiary/aromatic N) is 3. The summed E-state index contributed by atoms with van der Waals surface area (Å²) >= 11 is 0. The molecule has 1 atom stereocenters. The van der Waals surface area contributed by atoms with Crippen LogP contribution < -0.4 is 5.32 Å². The number of aromatic nitrogens is 2. The quantitative estimate of drug-likeness (QED) is 0.806. The number of nitrogens with one attached hydrogen (secondary N) is 1. The van der Waals surface area contributed by atoms with Gasteiger partial charge in [0.2, 0.25) is 5.91 Å². The highest BCUT2D eigenvalue weighted by atomic mass is 16.2. The average Bonchev–Trinajstić information content (AvgIpc) is 2.29. The molecule has 0 aliphatic carbocycles. The molecule has 78 valence electrons. The van der Waals surface area contributed by atoms with Crippen LogP contribution in [0.2, 0.25) is 0 Å². The van der Waals surface area contributed by atoms with Gasteiger partial charge in [-0.3, -0.25) is 4.79 Å². The van der Waals surface area contributed by atoms with Gasteiger partial charge in [0.25, 0.3) is 0 Å². The molecule has 1 rings (SSSR count). The van der Waals surface area contributed by atoms with Gasteiger partial charge in [-0.2, -0.15) is 10.4 Å². The Labute approximate surface area is 88.1 Å². The number of nitriles is 1. The van der Waals surface area contributed by atoms with Gasteiger partial charge in [-0.15, -0.1) is 5.10 Å². The highest BCUT2D eigenvalue weighted by Crippen LogP contribution is 2.21. The first kappa shape index (κ1) is 11.1. The minimum atomic E-state index is -1.02. The topological polar surface area (TPSA) is 78.7 Å². The van der Waals surface area contributed by atoms with Crippen LogP contribution in [0.25, 0.3) is 0 Å². The highest BCUT2D eigenvalue weighted by Gasteiger charge is 2.31. The van der Waals surface area contributed by atoms with Crippen LogP contribution in [-0.2, 0) is 4.79 Å². The fourth-order valence-corrected chi connectivity index (χ4v) is 0.913. The summed E-state index contributed by atoms with van der Waals surface area (Å²) in [5.74, 6) is 0.00502. The maximum Gasteiger partial charge on any atom is 0.245 e. The summed E-state index contributed by atoms with van der Waals surface area (Å²) in [4.78, 5) is 11.7. The van der Waals surface area contributed by atoms with Crippen LogP contribution in [0.4, 0.5) is 5.82 Å². The van der Waals surface area contributed by atoms with Gasteiger partial charge in [0.05, 0.1) is 6.07 Å². The van der Waals surface area contributed by atoms with Crippen LogP contribution in [0.5, 0.6) is 0 Å². The Bertz CT molecular complexity index is 384. The molecule has 5 heteroatoms. The number of hydrogen-bond acceptors (Lipinski definition) is 4. The molecule has 0 aliphatic rings. The van der Waals surface area contributed by atoms with E-state index >= 15 is 0 Å². The van der Waals surface area contributed by atoms with E-state index in [1.807, 2.05) is 6.07 Å². The van der Waals surface area contributed by atoms with Gasteiger partial charge in [0.1, 0.15) is 5.41 Å². The average molecular weight is 204 g/mol. The van der Waals surface area contributed by atoms with E-state index in [-0.39, 0.29) is 5.91 Å². The lowest BCUT2D eigenvalue weighted by Gasteiger charge is -2.17. The zero-order valence-electron chi connectivity index (χ0n) is 8.69. The smallest absolute Gasteiger partial charge is 0.245 e. The highest BCUT2D eigenvalue weighted by molar-refractivity contribution is 5.96.